The molecule has 1 atom stereocenters. The van der Waals surface area contributed by atoms with Crippen molar-refractivity contribution in [3.8, 4) is 0 Å². The first-order valence-corrected chi connectivity index (χ1v) is 7.59. The van der Waals surface area contributed by atoms with Gasteiger partial charge in [0.15, 0.2) is 6.04 Å². The van der Waals surface area contributed by atoms with E-state index in [1.165, 1.54) is 24.3 Å². The number of benzene rings is 2. The second-order valence-electron chi connectivity index (χ2n) is 5.24. The lowest BCUT2D eigenvalue weighted by Gasteiger charge is -2.15. The Hall–Kier alpha value is -3.22. The first-order chi connectivity index (χ1) is 12.0. The third-order valence-corrected chi connectivity index (χ3v) is 3.44. The van der Waals surface area contributed by atoms with Crippen LogP contribution in [0.4, 0.5) is 4.39 Å². The minimum absolute atomic E-state index is 0.0415. The van der Waals surface area contributed by atoms with Gasteiger partial charge in [-0.1, -0.05) is 42.5 Å². The molecule has 0 aliphatic carbocycles. The summed E-state index contributed by atoms with van der Waals surface area (Å²) in [6, 6.07) is 12.6. The van der Waals surface area contributed by atoms with Crippen molar-refractivity contribution in [1.82, 2.24) is 10.6 Å². The van der Waals surface area contributed by atoms with Crippen molar-refractivity contribution in [2.45, 2.75) is 12.5 Å². The van der Waals surface area contributed by atoms with Gasteiger partial charge >= 0.3 is 5.97 Å². The molecular formula is C18H17FN2O4. The normalized spacial score (nSPS) is 11.4. The zero-order valence-electron chi connectivity index (χ0n) is 13.2. The van der Waals surface area contributed by atoms with Gasteiger partial charge in [-0.25, -0.2) is 9.18 Å². The molecule has 3 N–H and O–H groups in total. The molecule has 7 heteroatoms. The lowest BCUT2D eigenvalue weighted by Crippen LogP contribution is -2.36. The zero-order valence-corrected chi connectivity index (χ0v) is 13.2. The number of aliphatic carboxylic acids is 1. The van der Waals surface area contributed by atoms with E-state index in [0.717, 1.165) is 0 Å². The number of hydrogen-bond donors (Lipinski definition) is 3. The van der Waals surface area contributed by atoms with Gasteiger partial charge in [0.1, 0.15) is 5.82 Å². The highest BCUT2D eigenvalue weighted by atomic mass is 19.1. The van der Waals surface area contributed by atoms with Gasteiger partial charge in [0, 0.05) is 13.0 Å². The van der Waals surface area contributed by atoms with Crippen LogP contribution >= 0.6 is 0 Å². The van der Waals surface area contributed by atoms with Crippen molar-refractivity contribution in [2.24, 2.45) is 0 Å². The molecule has 0 bridgehead atoms. The Bertz CT molecular complexity index is 765. The molecular weight excluding hydrogens is 327 g/mol. The molecule has 130 valence electrons. The average Bonchev–Trinajstić information content (AvgIpc) is 2.60. The third kappa shape index (κ3) is 5.13. The first-order valence-electron chi connectivity index (χ1n) is 7.59. The maximum Gasteiger partial charge on any atom is 0.330 e. The summed E-state index contributed by atoms with van der Waals surface area (Å²) >= 11 is 0. The molecule has 0 aliphatic rings. The largest absolute Gasteiger partial charge is 0.479 e. The van der Waals surface area contributed by atoms with Crippen molar-refractivity contribution in [3.63, 3.8) is 0 Å². The standard InChI is InChI=1S/C18H17FN2O4/c19-14-9-5-4-8-13(14)17(23)20-11-10-15(22)21-16(18(24)25)12-6-2-1-3-7-12/h1-9,16H,10-11H2,(H,20,23)(H,21,22)(H,24,25)/t16-/m0/s1. The summed E-state index contributed by atoms with van der Waals surface area (Å²) in [5.74, 6) is -3.01. The van der Waals surface area contributed by atoms with E-state index in [-0.39, 0.29) is 18.5 Å². The fraction of sp³-hybridized carbons (Fsp3) is 0.167. The minimum Gasteiger partial charge on any atom is -0.479 e. The number of carbonyl (C=O) groups is 3. The van der Waals surface area contributed by atoms with E-state index in [4.69, 9.17) is 0 Å². The molecule has 0 aliphatic heterocycles. The fourth-order valence-corrected chi connectivity index (χ4v) is 2.20. The Balaban J connectivity index is 1.86. The second kappa shape index (κ2) is 8.58. The van der Waals surface area contributed by atoms with Crippen molar-refractivity contribution in [1.29, 1.82) is 0 Å². The van der Waals surface area contributed by atoms with Gasteiger partial charge in [0.05, 0.1) is 5.56 Å². The van der Waals surface area contributed by atoms with Crippen LogP contribution in [-0.4, -0.2) is 29.4 Å². The lowest BCUT2D eigenvalue weighted by molar-refractivity contribution is -0.142. The lowest BCUT2D eigenvalue weighted by atomic mass is 10.1. The SMILES string of the molecule is O=C(CCNC(=O)c1ccccc1F)N[C@H](C(=O)O)c1ccccc1. The Morgan fingerprint density at radius 2 is 1.64 bits per heavy atom. The van der Waals surface area contributed by atoms with Crippen LogP contribution < -0.4 is 10.6 Å². The number of carboxylic acids is 1. The van der Waals surface area contributed by atoms with Gasteiger partial charge < -0.3 is 15.7 Å². The number of nitrogens with one attached hydrogen (secondary N) is 2. The zero-order chi connectivity index (χ0) is 18.2. The molecule has 0 spiro atoms. The predicted octanol–water partition coefficient (Wildman–Crippen LogP) is 1.89. The molecule has 2 rings (SSSR count). The number of halogens is 1. The van der Waals surface area contributed by atoms with E-state index in [9.17, 15) is 23.9 Å². The monoisotopic (exact) mass is 344 g/mol. The summed E-state index contributed by atoms with van der Waals surface area (Å²) in [5, 5.41) is 14.1. The highest BCUT2D eigenvalue weighted by Crippen LogP contribution is 2.12. The van der Waals surface area contributed by atoms with Crippen LogP contribution in [-0.2, 0) is 9.59 Å². The summed E-state index contributed by atoms with van der Waals surface area (Å²) in [5.41, 5.74) is 0.328. The first kappa shape index (κ1) is 18.1. The van der Waals surface area contributed by atoms with Crippen LogP contribution in [0.2, 0.25) is 0 Å². The molecule has 0 fully saturated rings. The minimum atomic E-state index is -1.19. The van der Waals surface area contributed by atoms with Crippen LogP contribution in [0.25, 0.3) is 0 Å². The van der Waals surface area contributed by atoms with E-state index in [1.54, 1.807) is 30.3 Å². The Kier molecular flexibility index (Phi) is 6.22. The van der Waals surface area contributed by atoms with Crippen LogP contribution in [0.15, 0.2) is 54.6 Å². The van der Waals surface area contributed by atoms with Gasteiger partial charge in [-0.3, -0.25) is 9.59 Å². The highest BCUT2D eigenvalue weighted by Gasteiger charge is 2.21. The fourth-order valence-electron chi connectivity index (χ4n) is 2.20. The number of amides is 2. The second-order valence-corrected chi connectivity index (χ2v) is 5.24. The molecule has 0 heterocycles. The molecule has 2 aromatic rings. The molecule has 0 unspecified atom stereocenters. The molecule has 0 radical (unpaired) electrons. The maximum absolute atomic E-state index is 13.5. The molecule has 2 amide bonds. The summed E-state index contributed by atoms with van der Waals surface area (Å²) in [6.45, 7) is -0.0415. The van der Waals surface area contributed by atoms with Gasteiger partial charge in [-0.15, -0.1) is 0 Å². The molecule has 25 heavy (non-hydrogen) atoms. The van der Waals surface area contributed by atoms with Crippen LogP contribution in [0, 0.1) is 5.82 Å². The molecule has 6 nitrogen and oxygen atoms in total. The quantitative estimate of drug-likeness (QED) is 0.715. The van der Waals surface area contributed by atoms with Gasteiger partial charge in [0.25, 0.3) is 5.91 Å². The van der Waals surface area contributed by atoms with Gasteiger partial charge in [0.2, 0.25) is 5.91 Å². The maximum atomic E-state index is 13.5. The summed E-state index contributed by atoms with van der Waals surface area (Å²) in [6.07, 6.45) is -0.128. The topological polar surface area (TPSA) is 95.5 Å². The van der Waals surface area contributed by atoms with Gasteiger partial charge in [-0.05, 0) is 17.7 Å². The van der Waals surface area contributed by atoms with Crippen LogP contribution in [0.1, 0.15) is 28.4 Å². The van der Waals surface area contributed by atoms with Gasteiger partial charge in [-0.2, -0.15) is 0 Å². The number of carbonyl (C=O) groups excluding carboxylic acids is 2. The average molecular weight is 344 g/mol. The molecule has 0 saturated carbocycles. The van der Waals surface area contributed by atoms with E-state index >= 15 is 0 Å². The molecule has 0 saturated heterocycles. The van der Waals surface area contributed by atoms with Crippen LogP contribution in [0.3, 0.4) is 0 Å². The van der Waals surface area contributed by atoms with Crippen molar-refractivity contribution >= 4 is 17.8 Å². The van der Waals surface area contributed by atoms with Crippen molar-refractivity contribution < 1.29 is 23.9 Å². The predicted molar refractivity (Wildman–Crippen MR) is 88.3 cm³/mol. The molecule has 2 aromatic carbocycles. The Morgan fingerprint density at radius 3 is 2.28 bits per heavy atom. The number of rotatable bonds is 7. The van der Waals surface area contributed by atoms with E-state index in [0.29, 0.717) is 5.56 Å². The third-order valence-electron chi connectivity index (χ3n) is 3.44. The Morgan fingerprint density at radius 1 is 1.00 bits per heavy atom. The highest BCUT2D eigenvalue weighted by molar-refractivity contribution is 5.94. The van der Waals surface area contributed by atoms with Crippen molar-refractivity contribution in [3.05, 3.63) is 71.5 Å². The summed E-state index contributed by atoms with van der Waals surface area (Å²) in [4.78, 5) is 35.1. The van der Waals surface area contributed by atoms with Crippen LogP contribution in [0.5, 0.6) is 0 Å². The van der Waals surface area contributed by atoms with E-state index < -0.39 is 29.6 Å². The van der Waals surface area contributed by atoms with Crippen molar-refractivity contribution in [2.75, 3.05) is 6.54 Å². The number of hydrogen-bond acceptors (Lipinski definition) is 3. The van der Waals surface area contributed by atoms with E-state index in [2.05, 4.69) is 10.6 Å². The smallest absolute Gasteiger partial charge is 0.330 e. The van der Waals surface area contributed by atoms with E-state index in [1.807, 2.05) is 0 Å². The Labute approximate surface area is 143 Å². The summed E-state index contributed by atoms with van der Waals surface area (Å²) < 4.78 is 13.5. The summed E-state index contributed by atoms with van der Waals surface area (Å²) in [7, 11) is 0. The molecule has 0 aromatic heterocycles. The number of carboxylic acid groups (broad SMARTS) is 1.